The Morgan fingerprint density at radius 1 is 1.33 bits per heavy atom. The van der Waals surface area contributed by atoms with Crippen molar-refractivity contribution in [3.8, 4) is 5.75 Å². The van der Waals surface area contributed by atoms with Crippen LogP contribution in [-0.4, -0.2) is 33.5 Å². The molecule has 2 N–H and O–H groups in total. The minimum atomic E-state index is -1.13. The lowest BCUT2D eigenvalue weighted by Crippen LogP contribution is -2.38. The molecule has 0 unspecified atom stereocenters. The maximum atomic E-state index is 11.5. The SMILES string of the molecule is O=C1CN(C(=O)O)Cc2cc(O)ccc21. The highest BCUT2D eigenvalue weighted by atomic mass is 16.4. The monoisotopic (exact) mass is 207 g/mol. The van der Waals surface area contributed by atoms with Gasteiger partial charge in [-0.1, -0.05) is 0 Å². The lowest BCUT2D eigenvalue weighted by atomic mass is 9.99. The molecular formula is C10H9NO4. The van der Waals surface area contributed by atoms with E-state index in [0.29, 0.717) is 11.1 Å². The van der Waals surface area contributed by atoms with Gasteiger partial charge in [-0.05, 0) is 23.8 Å². The first-order valence-electron chi connectivity index (χ1n) is 4.41. The van der Waals surface area contributed by atoms with Crippen molar-refractivity contribution in [2.24, 2.45) is 0 Å². The third-order valence-corrected chi connectivity index (χ3v) is 2.36. The third kappa shape index (κ3) is 1.63. The number of benzene rings is 1. The van der Waals surface area contributed by atoms with Crippen molar-refractivity contribution in [1.82, 2.24) is 4.90 Å². The molecule has 1 aliphatic heterocycles. The molecule has 0 atom stereocenters. The van der Waals surface area contributed by atoms with E-state index in [4.69, 9.17) is 5.11 Å². The van der Waals surface area contributed by atoms with E-state index in [-0.39, 0.29) is 24.6 Å². The van der Waals surface area contributed by atoms with Gasteiger partial charge in [0.1, 0.15) is 5.75 Å². The van der Waals surface area contributed by atoms with Gasteiger partial charge >= 0.3 is 6.09 Å². The maximum Gasteiger partial charge on any atom is 0.408 e. The highest BCUT2D eigenvalue weighted by molar-refractivity contribution is 6.01. The van der Waals surface area contributed by atoms with E-state index < -0.39 is 6.09 Å². The highest BCUT2D eigenvalue weighted by Gasteiger charge is 2.26. The van der Waals surface area contributed by atoms with Gasteiger partial charge in [0.2, 0.25) is 0 Å². The first-order chi connectivity index (χ1) is 7.08. The van der Waals surface area contributed by atoms with E-state index in [1.54, 1.807) is 0 Å². The normalized spacial score (nSPS) is 14.9. The topological polar surface area (TPSA) is 77.8 Å². The maximum absolute atomic E-state index is 11.5. The van der Waals surface area contributed by atoms with Crippen LogP contribution in [0.15, 0.2) is 18.2 Å². The van der Waals surface area contributed by atoms with Gasteiger partial charge in [-0.15, -0.1) is 0 Å². The Balaban J connectivity index is 2.41. The molecule has 1 aromatic carbocycles. The average Bonchev–Trinajstić information content (AvgIpc) is 2.16. The molecule has 0 saturated heterocycles. The van der Waals surface area contributed by atoms with E-state index in [1.807, 2.05) is 0 Å². The lowest BCUT2D eigenvalue weighted by molar-refractivity contribution is 0.0874. The summed E-state index contributed by atoms with van der Waals surface area (Å²) in [5.41, 5.74) is 1.04. The highest BCUT2D eigenvalue weighted by Crippen LogP contribution is 2.22. The van der Waals surface area contributed by atoms with Crippen molar-refractivity contribution in [2.75, 3.05) is 6.54 Å². The van der Waals surface area contributed by atoms with Crippen LogP contribution < -0.4 is 0 Å². The summed E-state index contributed by atoms with van der Waals surface area (Å²) in [5.74, 6) is -0.201. The number of hydrogen-bond donors (Lipinski definition) is 2. The Hall–Kier alpha value is -2.04. The minimum Gasteiger partial charge on any atom is -0.508 e. The predicted octanol–water partition coefficient (Wildman–Crippen LogP) is 1.07. The number of nitrogens with zero attached hydrogens (tertiary/aromatic N) is 1. The number of amides is 1. The van der Waals surface area contributed by atoms with E-state index in [2.05, 4.69) is 0 Å². The molecular weight excluding hydrogens is 198 g/mol. The quantitative estimate of drug-likeness (QED) is 0.667. The van der Waals surface area contributed by atoms with Crippen LogP contribution in [0.4, 0.5) is 4.79 Å². The van der Waals surface area contributed by atoms with Gasteiger partial charge < -0.3 is 10.2 Å². The van der Waals surface area contributed by atoms with Crippen molar-refractivity contribution >= 4 is 11.9 Å². The summed E-state index contributed by atoms with van der Waals surface area (Å²) in [6, 6.07) is 4.36. The Bertz CT molecular complexity index is 441. The van der Waals surface area contributed by atoms with Crippen LogP contribution in [0.2, 0.25) is 0 Å². The van der Waals surface area contributed by atoms with Crippen LogP contribution in [-0.2, 0) is 6.54 Å². The van der Waals surface area contributed by atoms with Crippen LogP contribution in [0.25, 0.3) is 0 Å². The van der Waals surface area contributed by atoms with E-state index in [1.165, 1.54) is 18.2 Å². The zero-order valence-corrected chi connectivity index (χ0v) is 7.80. The fourth-order valence-corrected chi connectivity index (χ4v) is 1.64. The zero-order chi connectivity index (χ0) is 11.0. The number of carbonyl (C=O) groups excluding carboxylic acids is 1. The van der Waals surface area contributed by atoms with E-state index >= 15 is 0 Å². The first kappa shape index (κ1) is 9.51. The van der Waals surface area contributed by atoms with E-state index in [9.17, 15) is 14.7 Å². The summed E-state index contributed by atoms with van der Waals surface area (Å²) in [7, 11) is 0. The van der Waals surface area contributed by atoms with Gasteiger partial charge in [0, 0.05) is 5.56 Å². The van der Waals surface area contributed by atoms with Crippen LogP contribution in [0, 0.1) is 0 Å². The standard InChI is InChI=1S/C10H9NO4/c12-7-1-2-8-6(3-7)4-11(10(14)15)5-9(8)13/h1-3,12H,4-5H2,(H,14,15). The second kappa shape index (κ2) is 3.27. The number of rotatable bonds is 0. The fraction of sp³-hybridized carbons (Fsp3) is 0.200. The number of phenols is 1. The largest absolute Gasteiger partial charge is 0.508 e. The summed E-state index contributed by atoms with van der Waals surface area (Å²) in [6.07, 6.45) is -1.13. The number of hydrogen-bond acceptors (Lipinski definition) is 3. The van der Waals surface area contributed by atoms with Crippen LogP contribution in [0.1, 0.15) is 15.9 Å². The molecule has 0 aliphatic carbocycles. The molecule has 2 rings (SSSR count). The van der Waals surface area contributed by atoms with Crippen LogP contribution >= 0.6 is 0 Å². The molecule has 5 nitrogen and oxygen atoms in total. The van der Waals surface area contributed by atoms with Crippen molar-refractivity contribution < 1.29 is 19.8 Å². The third-order valence-electron chi connectivity index (χ3n) is 2.36. The summed E-state index contributed by atoms with van der Waals surface area (Å²) in [5, 5.41) is 18.0. The molecule has 5 heteroatoms. The van der Waals surface area contributed by atoms with Gasteiger partial charge in [-0.3, -0.25) is 9.69 Å². The molecule has 0 bridgehead atoms. The molecule has 78 valence electrons. The Morgan fingerprint density at radius 2 is 2.07 bits per heavy atom. The predicted molar refractivity (Wildman–Crippen MR) is 50.9 cm³/mol. The smallest absolute Gasteiger partial charge is 0.408 e. The Labute approximate surface area is 85.6 Å². The molecule has 0 fully saturated rings. The van der Waals surface area contributed by atoms with Gasteiger partial charge in [0.05, 0.1) is 13.1 Å². The van der Waals surface area contributed by atoms with Gasteiger partial charge in [0.15, 0.2) is 5.78 Å². The number of fused-ring (bicyclic) bond motifs is 1. The number of carbonyl (C=O) groups is 2. The van der Waals surface area contributed by atoms with Gasteiger partial charge in [0.25, 0.3) is 0 Å². The number of ketones is 1. The molecule has 1 heterocycles. The second-order valence-electron chi connectivity index (χ2n) is 3.40. The first-order valence-corrected chi connectivity index (χ1v) is 4.41. The van der Waals surface area contributed by atoms with Crippen molar-refractivity contribution in [3.05, 3.63) is 29.3 Å². The molecule has 0 aromatic heterocycles. The molecule has 1 aliphatic rings. The number of carboxylic acid groups (broad SMARTS) is 1. The number of Topliss-reactive ketones (excluding diaryl/α,β-unsaturated/α-hetero) is 1. The summed E-state index contributed by atoms with van der Waals surface area (Å²) >= 11 is 0. The van der Waals surface area contributed by atoms with E-state index in [0.717, 1.165) is 4.90 Å². The molecule has 15 heavy (non-hydrogen) atoms. The molecule has 0 spiro atoms. The van der Waals surface area contributed by atoms with Crippen LogP contribution in [0.3, 0.4) is 0 Å². The summed E-state index contributed by atoms with van der Waals surface area (Å²) in [6.45, 7) is 0.0257. The lowest BCUT2D eigenvalue weighted by Gasteiger charge is -2.25. The van der Waals surface area contributed by atoms with Gasteiger partial charge in [-0.25, -0.2) is 4.79 Å². The number of aromatic hydroxyl groups is 1. The van der Waals surface area contributed by atoms with Crippen LogP contribution in [0.5, 0.6) is 5.75 Å². The zero-order valence-electron chi connectivity index (χ0n) is 7.80. The molecule has 1 aromatic rings. The summed E-state index contributed by atoms with van der Waals surface area (Å²) < 4.78 is 0. The van der Waals surface area contributed by atoms with Crippen molar-refractivity contribution in [3.63, 3.8) is 0 Å². The Kier molecular flexibility index (Phi) is 2.07. The minimum absolute atomic E-state index is 0.0359. The second-order valence-corrected chi connectivity index (χ2v) is 3.40. The van der Waals surface area contributed by atoms with Gasteiger partial charge in [-0.2, -0.15) is 0 Å². The fourth-order valence-electron chi connectivity index (χ4n) is 1.64. The Morgan fingerprint density at radius 3 is 2.73 bits per heavy atom. The average molecular weight is 207 g/mol. The summed E-state index contributed by atoms with van der Waals surface area (Å²) in [4.78, 5) is 23.2. The molecule has 0 saturated carbocycles. The molecule has 0 radical (unpaired) electrons. The van der Waals surface area contributed by atoms with Crippen molar-refractivity contribution in [2.45, 2.75) is 6.54 Å². The van der Waals surface area contributed by atoms with Crippen molar-refractivity contribution in [1.29, 1.82) is 0 Å². The number of phenolic OH excluding ortho intramolecular Hbond substituents is 1. The molecule has 1 amide bonds.